The lowest BCUT2D eigenvalue weighted by atomic mass is 9.71. The van der Waals surface area contributed by atoms with Crippen LogP contribution in [0, 0.1) is 22.7 Å². The van der Waals surface area contributed by atoms with Crippen LogP contribution >= 0.6 is 0 Å². The maximum atomic E-state index is 12.9. The van der Waals surface area contributed by atoms with Gasteiger partial charge in [0, 0.05) is 46.1 Å². The highest BCUT2D eigenvalue weighted by molar-refractivity contribution is 7.89. The van der Waals surface area contributed by atoms with Crippen LogP contribution in [0.1, 0.15) is 25.3 Å². The molecule has 27 heavy (non-hydrogen) atoms. The van der Waals surface area contributed by atoms with E-state index in [2.05, 4.69) is 0 Å². The molecule has 1 amide bonds. The third-order valence-electron chi connectivity index (χ3n) is 5.97. The fraction of sp³-hybridized carbons (Fsp3) is 0.579. The molecule has 1 aromatic rings. The summed E-state index contributed by atoms with van der Waals surface area (Å²) >= 11 is 0. The Hall–Kier alpha value is -1.95. The van der Waals surface area contributed by atoms with E-state index >= 15 is 0 Å². The van der Waals surface area contributed by atoms with E-state index in [0.717, 1.165) is 0 Å². The minimum atomic E-state index is -3.58. The van der Waals surface area contributed by atoms with Gasteiger partial charge in [-0.1, -0.05) is 0 Å². The number of carbonyl (C=O) groups is 1. The van der Waals surface area contributed by atoms with Crippen molar-refractivity contribution in [3.63, 3.8) is 0 Å². The lowest BCUT2D eigenvalue weighted by Crippen LogP contribution is -2.47. The van der Waals surface area contributed by atoms with Gasteiger partial charge in [-0.2, -0.15) is 9.57 Å². The average molecular weight is 391 g/mol. The lowest BCUT2D eigenvalue weighted by molar-refractivity contribution is -0.128. The van der Waals surface area contributed by atoms with Crippen LogP contribution in [0.5, 0.6) is 0 Å². The number of piperidine rings is 1. The van der Waals surface area contributed by atoms with Crippen molar-refractivity contribution in [2.24, 2.45) is 11.3 Å². The number of nitriles is 1. The molecule has 1 atom stereocenters. The minimum absolute atomic E-state index is 0.0561. The molecule has 0 aliphatic carbocycles. The fourth-order valence-electron chi connectivity index (χ4n) is 4.29. The van der Waals surface area contributed by atoms with Crippen LogP contribution < -0.4 is 0 Å². The maximum Gasteiger partial charge on any atom is 0.243 e. The van der Waals surface area contributed by atoms with E-state index in [9.17, 15) is 13.2 Å². The minimum Gasteiger partial charge on any atom is -0.384 e. The Balaban J connectivity index is 1.75. The number of nitrogens with zero attached hydrogens (tertiary/aromatic N) is 3. The van der Waals surface area contributed by atoms with Gasteiger partial charge in [0.25, 0.3) is 0 Å². The summed E-state index contributed by atoms with van der Waals surface area (Å²) in [5.41, 5.74) is 0.350. The first-order valence-electron chi connectivity index (χ1n) is 9.07. The number of methoxy groups -OCH3 is 1. The molecule has 8 heteroatoms. The second-order valence-corrected chi connectivity index (χ2v) is 9.39. The van der Waals surface area contributed by atoms with Gasteiger partial charge in [-0.15, -0.1) is 0 Å². The van der Waals surface area contributed by atoms with Crippen molar-refractivity contribution in [2.75, 3.05) is 39.9 Å². The van der Waals surface area contributed by atoms with Crippen LogP contribution in [0.15, 0.2) is 29.2 Å². The van der Waals surface area contributed by atoms with Crippen LogP contribution in [0.25, 0.3) is 0 Å². The zero-order valence-electron chi connectivity index (χ0n) is 15.7. The number of carbonyl (C=O) groups excluding carboxylic acids is 1. The topological polar surface area (TPSA) is 90.7 Å². The molecule has 146 valence electrons. The third-order valence-corrected chi connectivity index (χ3v) is 7.88. The van der Waals surface area contributed by atoms with Gasteiger partial charge in [-0.3, -0.25) is 4.79 Å². The molecule has 0 aromatic heterocycles. The molecule has 2 aliphatic heterocycles. The Kier molecular flexibility index (Phi) is 5.56. The number of ether oxygens (including phenoxy) is 1. The van der Waals surface area contributed by atoms with Gasteiger partial charge in [0.2, 0.25) is 15.9 Å². The summed E-state index contributed by atoms with van der Waals surface area (Å²) in [6.07, 6.45) is 1.42. The highest BCUT2D eigenvalue weighted by Crippen LogP contribution is 2.45. The van der Waals surface area contributed by atoms with Crippen molar-refractivity contribution >= 4 is 15.9 Å². The molecular weight excluding hydrogens is 366 g/mol. The number of rotatable bonds is 4. The van der Waals surface area contributed by atoms with Gasteiger partial charge < -0.3 is 9.64 Å². The molecule has 1 aromatic carbocycles. The SMILES string of the molecule is COCC1CN(C(C)=O)CC12CCN(S(=O)(=O)c1ccc(C#N)cc1)CC2. The van der Waals surface area contributed by atoms with Crippen LogP contribution in [0.2, 0.25) is 0 Å². The van der Waals surface area contributed by atoms with Crippen molar-refractivity contribution in [3.05, 3.63) is 29.8 Å². The summed E-state index contributed by atoms with van der Waals surface area (Å²) < 4.78 is 32.7. The normalized spacial score (nSPS) is 22.7. The molecule has 1 unspecified atom stereocenters. The largest absolute Gasteiger partial charge is 0.384 e. The molecule has 2 saturated heterocycles. The number of hydrogen-bond acceptors (Lipinski definition) is 5. The first-order chi connectivity index (χ1) is 12.8. The molecule has 2 heterocycles. The van der Waals surface area contributed by atoms with Gasteiger partial charge in [-0.25, -0.2) is 8.42 Å². The zero-order chi connectivity index (χ0) is 19.7. The van der Waals surface area contributed by atoms with E-state index in [1.54, 1.807) is 14.0 Å². The fourth-order valence-corrected chi connectivity index (χ4v) is 5.73. The summed E-state index contributed by atoms with van der Waals surface area (Å²) in [6.45, 7) is 4.34. The molecule has 2 fully saturated rings. The van der Waals surface area contributed by atoms with Gasteiger partial charge in [0.05, 0.1) is 23.1 Å². The first kappa shape index (κ1) is 19.8. The van der Waals surface area contributed by atoms with Crippen LogP contribution in [-0.2, 0) is 19.6 Å². The number of amides is 1. The molecule has 0 bridgehead atoms. The second-order valence-electron chi connectivity index (χ2n) is 7.45. The van der Waals surface area contributed by atoms with Crippen LogP contribution in [-0.4, -0.2) is 63.4 Å². The van der Waals surface area contributed by atoms with Crippen molar-refractivity contribution in [3.8, 4) is 6.07 Å². The molecule has 3 rings (SSSR count). The summed E-state index contributed by atoms with van der Waals surface area (Å²) in [5, 5.41) is 8.88. The van der Waals surface area contributed by atoms with Gasteiger partial charge in [-0.05, 0) is 42.5 Å². The number of hydrogen-bond donors (Lipinski definition) is 0. The number of likely N-dealkylation sites (tertiary alicyclic amines) is 1. The smallest absolute Gasteiger partial charge is 0.243 e. The predicted octanol–water partition coefficient (Wildman–Crippen LogP) is 1.45. The predicted molar refractivity (Wildman–Crippen MR) is 99.2 cm³/mol. The maximum absolute atomic E-state index is 12.9. The molecule has 0 saturated carbocycles. The monoisotopic (exact) mass is 391 g/mol. The molecule has 1 spiro atoms. The van der Waals surface area contributed by atoms with Gasteiger partial charge in [0.15, 0.2) is 0 Å². The Labute approximate surface area is 160 Å². The lowest BCUT2D eigenvalue weighted by Gasteiger charge is -2.41. The summed E-state index contributed by atoms with van der Waals surface area (Å²) in [4.78, 5) is 13.9. The van der Waals surface area contributed by atoms with Gasteiger partial charge in [0.1, 0.15) is 0 Å². The Morgan fingerprint density at radius 1 is 1.30 bits per heavy atom. The Morgan fingerprint density at radius 2 is 1.93 bits per heavy atom. The standard InChI is InChI=1S/C19H25N3O4S/c1-15(23)21-12-17(13-26-2)19(14-21)7-9-22(10-8-19)27(24,25)18-5-3-16(11-20)4-6-18/h3-6,17H,7-10,12-14H2,1-2H3. The van der Waals surface area contributed by atoms with E-state index in [1.807, 2.05) is 11.0 Å². The van der Waals surface area contributed by atoms with Crippen molar-refractivity contribution < 1.29 is 17.9 Å². The first-order valence-corrected chi connectivity index (χ1v) is 10.5. The Bertz CT molecular complexity index is 837. The van der Waals surface area contributed by atoms with E-state index < -0.39 is 10.0 Å². The highest BCUT2D eigenvalue weighted by Gasteiger charge is 2.49. The van der Waals surface area contributed by atoms with Crippen LogP contribution in [0.4, 0.5) is 0 Å². The van der Waals surface area contributed by atoms with E-state index in [-0.39, 0.29) is 22.1 Å². The number of sulfonamides is 1. The Morgan fingerprint density at radius 3 is 2.44 bits per heavy atom. The van der Waals surface area contributed by atoms with E-state index in [0.29, 0.717) is 51.2 Å². The second kappa shape index (κ2) is 7.58. The average Bonchev–Trinajstić information content (AvgIpc) is 3.01. The molecular formula is C19H25N3O4S. The number of benzene rings is 1. The zero-order valence-corrected chi connectivity index (χ0v) is 16.5. The third kappa shape index (κ3) is 3.72. The summed E-state index contributed by atoms with van der Waals surface area (Å²) in [7, 11) is -1.92. The van der Waals surface area contributed by atoms with E-state index in [1.165, 1.54) is 28.6 Å². The van der Waals surface area contributed by atoms with Crippen molar-refractivity contribution in [1.29, 1.82) is 5.26 Å². The van der Waals surface area contributed by atoms with Crippen molar-refractivity contribution in [2.45, 2.75) is 24.7 Å². The van der Waals surface area contributed by atoms with Crippen molar-refractivity contribution in [1.82, 2.24) is 9.21 Å². The molecule has 2 aliphatic rings. The molecule has 7 nitrogen and oxygen atoms in total. The highest BCUT2D eigenvalue weighted by atomic mass is 32.2. The van der Waals surface area contributed by atoms with E-state index in [4.69, 9.17) is 10.00 Å². The quantitative estimate of drug-likeness (QED) is 0.775. The summed E-state index contributed by atoms with van der Waals surface area (Å²) in [5.74, 6) is 0.284. The molecule has 0 N–H and O–H groups in total. The van der Waals surface area contributed by atoms with Gasteiger partial charge >= 0.3 is 0 Å². The van der Waals surface area contributed by atoms with Crippen LogP contribution in [0.3, 0.4) is 0 Å². The molecule has 0 radical (unpaired) electrons. The summed E-state index contributed by atoms with van der Waals surface area (Å²) in [6, 6.07) is 8.01.